The van der Waals surface area contributed by atoms with Gasteiger partial charge in [-0.1, -0.05) is 4.47 Å². The van der Waals surface area contributed by atoms with Crippen LogP contribution in [-0.2, 0) is 26.2 Å². The van der Waals surface area contributed by atoms with Gasteiger partial charge in [0.1, 0.15) is 0 Å². The van der Waals surface area contributed by atoms with E-state index in [0.29, 0.717) is 14.8 Å². The molecule has 0 radical (unpaired) electrons. The number of hydrogen-bond donors (Lipinski definition) is 0. The summed E-state index contributed by atoms with van der Waals surface area (Å²) >= 11 is 3.19. The van der Waals surface area contributed by atoms with Crippen molar-refractivity contribution in [3.05, 3.63) is 40.0 Å². The van der Waals surface area contributed by atoms with Gasteiger partial charge in [-0.3, -0.25) is 4.84 Å². The van der Waals surface area contributed by atoms with Gasteiger partial charge in [-0.15, -0.1) is 10.2 Å². The van der Waals surface area contributed by atoms with Crippen LogP contribution in [0.2, 0.25) is 0 Å². The number of rotatable bonds is 6. The van der Waals surface area contributed by atoms with Gasteiger partial charge in [-0.25, -0.2) is 13.2 Å². The highest BCUT2D eigenvalue weighted by atomic mass is 79.9. The third kappa shape index (κ3) is 3.98. The normalized spacial score (nSPS) is 11.7. The molecule has 0 amide bonds. The van der Waals surface area contributed by atoms with E-state index in [1.807, 2.05) is 0 Å². The van der Waals surface area contributed by atoms with Crippen LogP contribution in [-0.4, -0.2) is 43.2 Å². The Morgan fingerprint density at radius 2 is 2.08 bits per heavy atom. The second-order valence-corrected chi connectivity index (χ2v) is 7.32. The van der Waals surface area contributed by atoms with Crippen LogP contribution in [0.4, 0.5) is 0 Å². The molecule has 2 aromatic rings. The third-order valence-corrected chi connectivity index (χ3v) is 5.31. The second kappa shape index (κ2) is 7.38. The zero-order valence-electron chi connectivity index (χ0n) is 13.0. The highest BCUT2D eigenvalue weighted by Crippen LogP contribution is 2.24. The van der Waals surface area contributed by atoms with Crippen molar-refractivity contribution in [3.63, 3.8) is 0 Å². The van der Waals surface area contributed by atoms with E-state index in [2.05, 4.69) is 26.1 Å². The van der Waals surface area contributed by atoms with E-state index in [1.165, 1.54) is 32.4 Å². The maximum absolute atomic E-state index is 12.2. The molecule has 130 valence electrons. The van der Waals surface area contributed by atoms with Crippen molar-refractivity contribution >= 4 is 31.9 Å². The number of benzene rings is 1. The van der Waals surface area contributed by atoms with Gasteiger partial charge in [-0.2, -0.15) is 0 Å². The molecule has 1 heterocycles. The topological polar surface area (TPSA) is 112 Å². The Bertz CT molecular complexity index is 851. The van der Waals surface area contributed by atoms with E-state index in [0.717, 1.165) is 0 Å². The number of hydrogen-bond acceptors (Lipinski definition) is 8. The molecule has 0 spiro atoms. The molecule has 1 aromatic carbocycles. The Morgan fingerprint density at radius 1 is 1.38 bits per heavy atom. The summed E-state index contributed by atoms with van der Waals surface area (Å²) in [5.74, 6) is -0.257. The molecule has 0 unspecified atom stereocenters. The zero-order valence-corrected chi connectivity index (χ0v) is 15.4. The van der Waals surface area contributed by atoms with Gasteiger partial charge in [0.15, 0.2) is 6.61 Å². The molecular weight excluding hydrogens is 406 g/mol. The minimum atomic E-state index is -3.88. The highest BCUT2D eigenvalue weighted by molar-refractivity contribution is 9.10. The SMILES string of the molecule is CON(C)S(=O)(=O)c1ccc(Br)c(C(=O)OCc2nnc(C)o2)c1. The third-order valence-electron chi connectivity index (χ3n) is 2.95. The lowest BCUT2D eigenvalue weighted by Gasteiger charge is -2.15. The lowest BCUT2D eigenvalue weighted by atomic mass is 10.2. The standard InChI is InChI=1S/C13H14BrN3O6S/c1-8-15-16-12(23-8)7-22-13(18)10-6-9(4-5-11(10)14)24(19,20)17(2)21-3/h4-6H,7H2,1-3H3. The van der Waals surface area contributed by atoms with Crippen LogP contribution >= 0.6 is 15.9 Å². The summed E-state index contributed by atoms with van der Waals surface area (Å²) in [6.45, 7) is 1.39. The number of esters is 1. The fourth-order valence-corrected chi connectivity index (χ4v) is 3.08. The van der Waals surface area contributed by atoms with Crippen molar-refractivity contribution in [1.82, 2.24) is 14.7 Å². The first-order valence-corrected chi connectivity index (χ1v) is 8.77. The molecule has 1 aromatic heterocycles. The number of halogens is 1. The first-order chi connectivity index (χ1) is 11.3. The quantitative estimate of drug-likeness (QED) is 0.513. The van der Waals surface area contributed by atoms with Crippen molar-refractivity contribution in [2.45, 2.75) is 18.4 Å². The monoisotopic (exact) mass is 419 g/mol. The molecule has 0 saturated carbocycles. The van der Waals surface area contributed by atoms with Crippen LogP contribution in [0, 0.1) is 6.92 Å². The van der Waals surface area contributed by atoms with Crippen molar-refractivity contribution in [2.75, 3.05) is 14.2 Å². The molecule has 9 nitrogen and oxygen atoms in total. The van der Waals surface area contributed by atoms with Gasteiger partial charge < -0.3 is 9.15 Å². The van der Waals surface area contributed by atoms with Crippen LogP contribution in [0.15, 0.2) is 32.0 Å². The first-order valence-electron chi connectivity index (χ1n) is 6.54. The molecule has 0 aliphatic carbocycles. The molecule has 0 bridgehead atoms. The smallest absolute Gasteiger partial charge is 0.339 e. The molecule has 0 atom stereocenters. The van der Waals surface area contributed by atoms with E-state index in [-0.39, 0.29) is 23.0 Å². The fourth-order valence-electron chi connectivity index (χ4n) is 1.67. The van der Waals surface area contributed by atoms with Gasteiger partial charge in [0.25, 0.3) is 15.9 Å². The lowest BCUT2D eigenvalue weighted by Crippen LogP contribution is -2.26. The Balaban J connectivity index is 2.23. The van der Waals surface area contributed by atoms with Gasteiger partial charge in [0, 0.05) is 18.4 Å². The molecule has 0 aliphatic heterocycles. The summed E-state index contributed by atoms with van der Waals surface area (Å²) in [6, 6.07) is 3.97. The van der Waals surface area contributed by atoms with Gasteiger partial charge in [-0.05, 0) is 34.1 Å². The van der Waals surface area contributed by atoms with Crippen molar-refractivity contribution in [3.8, 4) is 0 Å². The maximum Gasteiger partial charge on any atom is 0.339 e. The molecule has 24 heavy (non-hydrogen) atoms. The molecule has 0 saturated heterocycles. The zero-order chi connectivity index (χ0) is 17.9. The number of hydroxylamine groups is 1. The van der Waals surface area contributed by atoms with Crippen LogP contribution in [0.1, 0.15) is 22.1 Å². The number of ether oxygens (including phenoxy) is 1. The number of aryl methyl sites for hydroxylation is 1. The van der Waals surface area contributed by atoms with Crippen LogP contribution in [0.3, 0.4) is 0 Å². The fraction of sp³-hybridized carbons (Fsp3) is 0.308. The largest absolute Gasteiger partial charge is 0.452 e. The van der Waals surface area contributed by atoms with Gasteiger partial charge in [0.05, 0.1) is 17.6 Å². The first kappa shape index (κ1) is 18.5. The highest BCUT2D eigenvalue weighted by Gasteiger charge is 2.24. The van der Waals surface area contributed by atoms with E-state index in [1.54, 1.807) is 6.92 Å². The van der Waals surface area contributed by atoms with Crippen molar-refractivity contribution in [2.24, 2.45) is 0 Å². The Kier molecular flexibility index (Phi) is 5.70. The van der Waals surface area contributed by atoms with E-state index in [4.69, 9.17) is 14.0 Å². The number of carbonyl (C=O) groups excluding carboxylic acids is 1. The van der Waals surface area contributed by atoms with Crippen molar-refractivity contribution in [1.29, 1.82) is 0 Å². The van der Waals surface area contributed by atoms with Crippen molar-refractivity contribution < 1.29 is 27.2 Å². The summed E-state index contributed by atoms with van der Waals surface area (Å²) < 4.78 is 35.7. The van der Waals surface area contributed by atoms with E-state index in [9.17, 15) is 13.2 Å². The van der Waals surface area contributed by atoms with Crippen LogP contribution < -0.4 is 0 Å². The molecule has 11 heteroatoms. The number of aromatic nitrogens is 2. The molecule has 2 rings (SSSR count). The minimum absolute atomic E-state index is 0.0387. The Hall–Kier alpha value is -1.82. The summed E-state index contributed by atoms with van der Waals surface area (Å²) in [5, 5.41) is 7.31. The molecule has 0 fully saturated rings. The summed E-state index contributed by atoms with van der Waals surface area (Å²) in [4.78, 5) is 16.8. The predicted molar refractivity (Wildman–Crippen MR) is 84.3 cm³/mol. The minimum Gasteiger partial charge on any atom is -0.452 e. The second-order valence-electron chi connectivity index (χ2n) is 4.53. The average molecular weight is 420 g/mol. The van der Waals surface area contributed by atoms with E-state index >= 15 is 0 Å². The number of carbonyl (C=O) groups is 1. The van der Waals surface area contributed by atoms with Crippen LogP contribution in [0.25, 0.3) is 0 Å². The summed E-state index contributed by atoms with van der Waals surface area (Å²) in [7, 11) is -1.42. The van der Waals surface area contributed by atoms with Gasteiger partial charge >= 0.3 is 5.97 Å². The number of sulfonamides is 1. The Morgan fingerprint density at radius 3 is 2.67 bits per heavy atom. The molecular formula is C13H14BrN3O6S. The number of nitrogens with zero attached hydrogens (tertiary/aromatic N) is 3. The van der Waals surface area contributed by atoms with Crippen LogP contribution in [0.5, 0.6) is 0 Å². The summed E-state index contributed by atoms with van der Waals surface area (Å²) in [5.41, 5.74) is 0.0387. The predicted octanol–water partition coefficient (Wildman–Crippen LogP) is 1.68. The average Bonchev–Trinajstić information content (AvgIpc) is 2.97. The molecule has 0 N–H and O–H groups in total. The maximum atomic E-state index is 12.2. The summed E-state index contributed by atoms with van der Waals surface area (Å²) in [6.07, 6.45) is 0. The van der Waals surface area contributed by atoms with E-state index < -0.39 is 16.0 Å². The van der Waals surface area contributed by atoms with Gasteiger partial charge in [0.2, 0.25) is 5.89 Å². The molecule has 0 aliphatic rings. The Labute approximate surface area is 146 Å². The lowest BCUT2D eigenvalue weighted by molar-refractivity contribution is -0.0258.